The molecule has 10 heavy (non-hydrogen) atoms. The summed E-state index contributed by atoms with van der Waals surface area (Å²) in [5.41, 5.74) is 0. The van der Waals surface area contributed by atoms with Crippen LogP contribution in [0.2, 0.25) is 0 Å². The van der Waals surface area contributed by atoms with Crippen LogP contribution in [0.1, 0.15) is 0 Å². The predicted molar refractivity (Wildman–Crippen MR) is 30.1 cm³/mol. The summed E-state index contributed by atoms with van der Waals surface area (Å²) < 4.78 is 27.2. The molecule has 74 valence electrons. The Morgan fingerprint density at radius 3 is 1.00 bits per heavy atom. The van der Waals surface area contributed by atoms with Crippen LogP contribution in [0.5, 0.6) is 0 Å². The molecule has 0 aromatic rings. The quantitative estimate of drug-likeness (QED) is 0.321. The summed E-state index contributed by atoms with van der Waals surface area (Å²) in [5, 5.41) is 0. The van der Waals surface area contributed by atoms with Gasteiger partial charge in [-0.2, -0.15) is 0 Å². The van der Waals surface area contributed by atoms with Gasteiger partial charge in [0.05, 0.1) is 10.1 Å². The largest absolute Gasteiger partial charge is 1.00 e. The van der Waals surface area contributed by atoms with Gasteiger partial charge >= 0.3 is 22.4 Å². The van der Waals surface area contributed by atoms with E-state index < -0.39 is 10.1 Å². The minimum Gasteiger partial charge on any atom is -0.748 e. The Hall–Kier alpha value is 0.490. The zero-order chi connectivity index (χ0) is 4.50. The first kappa shape index (κ1) is 46.9. The molecule has 7 nitrogen and oxygen atoms in total. The molecule has 0 unspecified atom stereocenters. The van der Waals surface area contributed by atoms with Gasteiger partial charge < -0.3 is 26.5 Å². The molecule has 0 aromatic heterocycles. The first-order valence-corrected chi connectivity index (χ1v) is 2.72. The van der Waals surface area contributed by atoms with Gasteiger partial charge in [0.1, 0.15) is 0 Å². The van der Waals surface area contributed by atoms with E-state index in [2.05, 4.69) is 0 Å². The molecule has 0 aliphatic heterocycles. The summed E-state index contributed by atoms with van der Waals surface area (Å²) in [4.78, 5) is 0. The standard InChI is InChI=1S/CH4O3S.Ag.4H2O/c1-5(2,3)4;;;;;/h1H3,(H,2,3,4);;4*1H2/q;+1;;;;/p-1. The SMILES string of the molecule is CS(=O)(=O)[O-].O.O.O.O.[Ag+]. The maximum atomic E-state index is 9.08. The van der Waals surface area contributed by atoms with Crippen molar-refractivity contribution in [3.63, 3.8) is 0 Å². The van der Waals surface area contributed by atoms with Crippen LogP contribution in [0.15, 0.2) is 0 Å². The van der Waals surface area contributed by atoms with Crippen LogP contribution in [-0.2, 0) is 32.5 Å². The molecule has 0 heterocycles. The molecule has 0 aliphatic carbocycles. The van der Waals surface area contributed by atoms with Gasteiger partial charge in [0.2, 0.25) is 0 Å². The van der Waals surface area contributed by atoms with E-state index in [-0.39, 0.29) is 44.3 Å². The van der Waals surface area contributed by atoms with Crippen molar-refractivity contribution in [2.75, 3.05) is 6.26 Å². The van der Waals surface area contributed by atoms with E-state index in [4.69, 9.17) is 13.0 Å². The minimum absolute atomic E-state index is 0. The molecule has 0 aromatic carbocycles. The molecule has 0 amide bonds. The molecule has 0 saturated carbocycles. The third-order valence-electron chi connectivity index (χ3n) is 0. The molecule has 0 fully saturated rings. The zero-order valence-electron chi connectivity index (χ0n) is 4.93. The topological polar surface area (TPSA) is 183 Å². The van der Waals surface area contributed by atoms with Crippen LogP contribution in [0.4, 0.5) is 0 Å². The molecule has 0 atom stereocenters. The van der Waals surface area contributed by atoms with E-state index in [1.54, 1.807) is 0 Å². The number of hydrogen-bond donors (Lipinski definition) is 0. The number of rotatable bonds is 0. The first-order valence-electron chi connectivity index (χ1n) is 0.908. The monoisotopic (exact) mass is 274 g/mol. The Kier molecular flexibility index (Phi) is 76.1. The normalized spacial score (nSPS) is 5.80. The van der Waals surface area contributed by atoms with Gasteiger partial charge in [-0.15, -0.1) is 0 Å². The number of hydrogen-bond acceptors (Lipinski definition) is 3. The molecule has 0 bridgehead atoms. The summed E-state index contributed by atoms with van der Waals surface area (Å²) >= 11 is 0. The Labute approximate surface area is 73.9 Å². The van der Waals surface area contributed by atoms with E-state index >= 15 is 0 Å². The van der Waals surface area contributed by atoms with Gasteiger partial charge in [0.15, 0.2) is 0 Å². The van der Waals surface area contributed by atoms with Crippen LogP contribution < -0.4 is 0 Å². The van der Waals surface area contributed by atoms with Gasteiger partial charge in [0.25, 0.3) is 0 Å². The van der Waals surface area contributed by atoms with E-state index in [9.17, 15) is 0 Å². The summed E-state index contributed by atoms with van der Waals surface area (Å²) in [7, 11) is -3.92. The van der Waals surface area contributed by atoms with Crippen molar-refractivity contribution in [2.45, 2.75) is 0 Å². The first-order chi connectivity index (χ1) is 2.00. The van der Waals surface area contributed by atoms with E-state index in [0.29, 0.717) is 6.26 Å². The fraction of sp³-hybridized carbons (Fsp3) is 1.00. The maximum absolute atomic E-state index is 9.08. The van der Waals surface area contributed by atoms with Crippen LogP contribution in [-0.4, -0.2) is 41.1 Å². The van der Waals surface area contributed by atoms with E-state index in [1.807, 2.05) is 0 Å². The van der Waals surface area contributed by atoms with Crippen LogP contribution in [0.3, 0.4) is 0 Å². The maximum Gasteiger partial charge on any atom is 1.00 e. The Morgan fingerprint density at radius 1 is 1.00 bits per heavy atom. The summed E-state index contributed by atoms with van der Waals surface area (Å²) in [6, 6.07) is 0. The van der Waals surface area contributed by atoms with Gasteiger partial charge in [-0.3, -0.25) is 0 Å². The second kappa shape index (κ2) is 16.2. The van der Waals surface area contributed by atoms with Gasteiger partial charge in [-0.25, -0.2) is 8.42 Å². The van der Waals surface area contributed by atoms with Crippen molar-refractivity contribution in [3.05, 3.63) is 0 Å². The Balaban J connectivity index is -0.00000000800. The van der Waals surface area contributed by atoms with E-state index in [1.165, 1.54) is 0 Å². The molecule has 0 radical (unpaired) electrons. The average Bonchev–Trinajstić information content (AvgIpc) is 0.722. The van der Waals surface area contributed by atoms with Crippen molar-refractivity contribution in [3.8, 4) is 0 Å². The van der Waals surface area contributed by atoms with Crippen molar-refractivity contribution in [2.24, 2.45) is 0 Å². The Bertz CT molecular complexity index is 96.8. The van der Waals surface area contributed by atoms with Crippen molar-refractivity contribution >= 4 is 10.1 Å². The van der Waals surface area contributed by atoms with Crippen LogP contribution in [0.25, 0.3) is 0 Å². The molecule has 0 spiro atoms. The van der Waals surface area contributed by atoms with Crippen molar-refractivity contribution < 1.29 is 57.3 Å². The van der Waals surface area contributed by atoms with Crippen LogP contribution in [0, 0.1) is 0 Å². The molecular weight excluding hydrogens is 264 g/mol. The van der Waals surface area contributed by atoms with Crippen molar-refractivity contribution in [1.29, 1.82) is 0 Å². The van der Waals surface area contributed by atoms with E-state index in [0.717, 1.165) is 0 Å². The Morgan fingerprint density at radius 2 is 1.00 bits per heavy atom. The van der Waals surface area contributed by atoms with Gasteiger partial charge in [-0.05, 0) is 0 Å². The third-order valence-corrected chi connectivity index (χ3v) is 0. The second-order valence-corrected chi connectivity index (χ2v) is 2.11. The average molecular weight is 275 g/mol. The molecule has 8 N–H and O–H groups in total. The molecular formula is CH11AgO7S. The molecule has 9 heteroatoms. The third kappa shape index (κ3) is 1980. The van der Waals surface area contributed by atoms with Gasteiger partial charge in [-0.1, -0.05) is 0 Å². The fourth-order valence-electron chi connectivity index (χ4n) is 0. The fourth-order valence-corrected chi connectivity index (χ4v) is 0. The molecule has 0 saturated heterocycles. The molecule has 0 aliphatic rings. The second-order valence-electron chi connectivity index (χ2n) is 0.704. The van der Waals surface area contributed by atoms with Crippen molar-refractivity contribution in [1.82, 2.24) is 0 Å². The predicted octanol–water partition coefficient (Wildman–Crippen LogP) is -4.14. The van der Waals surface area contributed by atoms with Crippen LogP contribution >= 0.6 is 0 Å². The smallest absolute Gasteiger partial charge is 0.748 e. The van der Waals surface area contributed by atoms with Gasteiger partial charge in [0, 0.05) is 6.26 Å². The summed E-state index contributed by atoms with van der Waals surface area (Å²) in [6.07, 6.45) is 0.604. The molecule has 0 rings (SSSR count). The zero-order valence-corrected chi connectivity index (χ0v) is 7.23. The summed E-state index contributed by atoms with van der Waals surface area (Å²) in [6.45, 7) is 0. The minimum atomic E-state index is -3.92. The summed E-state index contributed by atoms with van der Waals surface area (Å²) in [5.74, 6) is 0.